The molecule has 0 aliphatic carbocycles. The summed E-state index contributed by atoms with van der Waals surface area (Å²) in [5.41, 5.74) is 3.50. The van der Waals surface area contributed by atoms with Crippen molar-refractivity contribution >= 4 is 23.4 Å². The molecule has 1 N–H and O–H groups in total. The number of aromatic nitrogens is 1. The van der Waals surface area contributed by atoms with Gasteiger partial charge in [0, 0.05) is 28.6 Å². The van der Waals surface area contributed by atoms with Crippen LogP contribution in [0, 0.1) is 0 Å². The van der Waals surface area contributed by atoms with Gasteiger partial charge in [-0.15, -0.1) is 11.8 Å². The average molecular weight is 380 g/mol. The zero-order valence-corrected chi connectivity index (χ0v) is 16.0. The highest BCUT2D eigenvalue weighted by atomic mass is 32.2. The average Bonchev–Trinajstić information content (AvgIpc) is 3.26. The van der Waals surface area contributed by atoms with Crippen molar-refractivity contribution in [2.24, 2.45) is 0 Å². The molecule has 0 spiro atoms. The first-order chi connectivity index (χ1) is 13.1. The van der Waals surface area contributed by atoms with E-state index in [0.717, 1.165) is 28.3 Å². The van der Waals surface area contributed by atoms with Gasteiger partial charge in [0.25, 0.3) is 0 Å². The van der Waals surface area contributed by atoms with Crippen molar-refractivity contribution in [3.05, 3.63) is 59.8 Å². The van der Waals surface area contributed by atoms with Gasteiger partial charge in [0.2, 0.25) is 5.91 Å². The predicted octanol–water partition coefficient (Wildman–Crippen LogP) is 4.57. The zero-order valence-electron chi connectivity index (χ0n) is 15.2. The first-order valence-corrected chi connectivity index (χ1v) is 10.0. The fraction of sp³-hybridized carbons (Fsp3) is 0.238. The van der Waals surface area contributed by atoms with Gasteiger partial charge < -0.3 is 14.6 Å². The maximum Gasteiger partial charge on any atom is 0.230 e. The minimum Gasteiger partial charge on any atom is -0.490 e. The molecule has 1 aliphatic heterocycles. The normalized spacial score (nSPS) is 15.3. The lowest BCUT2D eigenvalue weighted by molar-refractivity contribution is -0.115. The summed E-state index contributed by atoms with van der Waals surface area (Å²) < 4.78 is 11.2. The number of hydrogen-bond acceptors (Lipinski definition) is 5. The van der Waals surface area contributed by atoms with Crippen LogP contribution >= 0.6 is 11.8 Å². The fourth-order valence-corrected chi connectivity index (χ4v) is 3.64. The number of nitrogens with zero attached hydrogens (tertiary/aromatic N) is 1. The summed E-state index contributed by atoms with van der Waals surface area (Å²) in [6, 6.07) is 15.6. The molecule has 2 aromatic carbocycles. The Morgan fingerprint density at radius 1 is 1.26 bits per heavy atom. The van der Waals surface area contributed by atoms with Crippen LogP contribution in [-0.4, -0.2) is 23.4 Å². The molecule has 0 radical (unpaired) electrons. The number of anilines is 1. The van der Waals surface area contributed by atoms with Crippen molar-refractivity contribution < 1.29 is 14.1 Å². The summed E-state index contributed by atoms with van der Waals surface area (Å²) in [5, 5.41) is 6.95. The molecule has 4 rings (SSSR count). The number of rotatable bonds is 5. The molecule has 1 aliphatic rings. The second-order valence-corrected chi connectivity index (χ2v) is 7.47. The van der Waals surface area contributed by atoms with Gasteiger partial charge in [0.05, 0.1) is 12.1 Å². The highest BCUT2D eigenvalue weighted by molar-refractivity contribution is 7.98. The summed E-state index contributed by atoms with van der Waals surface area (Å²) in [4.78, 5) is 13.4. The Morgan fingerprint density at radius 3 is 3.00 bits per heavy atom. The van der Waals surface area contributed by atoms with Crippen LogP contribution < -0.4 is 10.1 Å². The van der Waals surface area contributed by atoms with Crippen LogP contribution in [0.3, 0.4) is 0 Å². The molecular formula is C21H20N2O3S. The van der Waals surface area contributed by atoms with Gasteiger partial charge in [0.15, 0.2) is 5.76 Å². The van der Waals surface area contributed by atoms with E-state index in [4.69, 9.17) is 9.26 Å². The Balaban J connectivity index is 1.43. The number of thioether (sulfide) groups is 1. The molecule has 0 bridgehead atoms. The van der Waals surface area contributed by atoms with Gasteiger partial charge in [-0.2, -0.15) is 0 Å². The maximum absolute atomic E-state index is 12.3. The van der Waals surface area contributed by atoms with E-state index < -0.39 is 0 Å². The summed E-state index contributed by atoms with van der Waals surface area (Å²) >= 11 is 1.64. The van der Waals surface area contributed by atoms with Gasteiger partial charge in [-0.1, -0.05) is 11.2 Å². The van der Waals surface area contributed by atoms with E-state index >= 15 is 0 Å². The Morgan fingerprint density at radius 2 is 2.15 bits per heavy atom. The van der Waals surface area contributed by atoms with Crippen molar-refractivity contribution in [2.75, 3.05) is 11.6 Å². The highest BCUT2D eigenvalue weighted by Gasteiger charge is 2.20. The maximum atomic E-state index is 12.3. The molecule has 0 fully saturated rings. The molecule has 5 nitrogen and oxygen atoms in total. The number of hydrogen-bond donors (Lipinski definition) is 1. The van der Waals surface area contributed by atoms with E-state index in [9.17, 15) is 4.79 Å². The molecule has 1 unspecified atom stereocenters. The van der Waals surface area contributed by atoms with Crippen LogP contribution in [0.4, 0.5) is 5.69 Å². The number of carbonyl (C=O) groups excluding carboxylic acids is 1. The third kappa shape index (κ3) is 4.01. The zero-order chi connectivity index (χ0) is 18.8. The molecule has 27 heavy (non-hydrogen) atoms. The first-order valence-electron chi connectivity index (χ1n) is 8.80. The van der Waals surface area contributed by atoms with Crippen LogP contribution in [0.5, 0.6) is 5.75 Å². The molecule has 1 amide bonds. The molecule has 1 atom stereocenters. The SMILES string of the molecule is CSc1cccc(NC(=O)Cc2cc(-c3ccc4c(c3)CC(C)O4)on2)c1. The summed E-state index contributed by atoms with van der Waals surface area (Å²) in [7, 11) is 0. The van der Waals surface area contributed by atoms with Crippen LogP contribution in [0.1, 0.15) is 18.2 Å². The summed E-state index contributed by atoms with van der Waals surface area (Å²) in [6.07, 6.45) is 3.26. The lowest BCUT2D eigenvalue weighted by atomic mass is 10.1. The van der Waals surface area contributed by atoms with E-state index in [0.29, 0.717) is 11.5 Å². The second-order valence-electron chi connectivity index (χ2n) is 6.59. The molecule has 0 saturated carbocycles. The standard InChI is InChI=1S/C21H20N2O3S/c1-13-8-15-9-14(6-7-19(15)25-13)20-11-17(23-26-20)12-21(24)22-16-4-3-5-18(10-16)27-2/h3-7,9-11,13H,8,12H2,1-2H3,(H,22,24). The Labute approximate surface area is 162 Å². The summed E-state index contributed by atoms with van der Waals surface area (Å²) in [5.74, 6) is 1.46. The van der Waals surface area contributed by atoms with Crippen molar-refractivity contribution in [1.82, 2.24) is 5.16 Å². The van der Waals surface area contributed by atoms with Crippen molar-refractivity contribution in [3.8, 4) is 17.1 Å². The minimum absolute atomic E-state index is 0.121. The Bertz CT molecular complexity index is 983. The van der Waals surface area contributed by atoms with Gasteiger partial charge in [-0.05, 0) is 55.1 Å². The van der Waals surface area contributed by atoms with Gasteiger partial charge in [-0.25, -0.2) is 0 Å². The lowest BCUT2D eigenvalue weighted by Crippen LogP contribution is -2.14. The topological polar surface area (TPSA) is 64.4 Å². The number of amides is 1. The smallest absolute Gasteiger partial charge is 0.230 e. The van der Waals surface area contributed by atoms with E-state index in [2.05, 4.69) is 23.5 Å². The number of nitrogens with one attached hydrogen (secondary N) is 1. The number of carbonyl (C=O) groups is 1. The second kappa shape index (κ2) is 7.48. The quantitative estimate of drug-likeness (QED) is 0.657. The van der Waals surface area contributed by atoms with Crippen LogP contribution in [0.2, 0.25) is 0 Å². The number of fused-ring (bicyclic) bond motifs is 1. The predicted molar refractivity (Wildman–Crippen MR) is 106 cm³/mol. The van der Waals surface area contributed by atoms with Gasteiger partial charge in [-0.3, -0.25) is 4.79 Å². The van der Waals surface area contributed by atoms with E-state index in [1.165, 1.54) is 5.56 Å². The molecule has 138 valence electrons. The van der Waals surface area contributed by atoms with Crippen LogP contribution in [0.25, 0.3) is 11.3 Å². The van der Waals surface area contributed by atoms with Crippen LogP contribution in [-0.2, 0) is 17.6 Å². The lowest BCUT2D eigenvalue weighted by Gasteiger charge is -2.05. The molecular weight excluding hydrogens is 360 g/mol. The van der Waals surface area contributed by atoms with E-state index in [1.54, 1.807) is 11.8 Å². The van der Waals surface area contributed by atoms with E-state index in [1.807, 2.05) is 48.7 Å². The fourth-order valence-electron chi connectivity index (χ4n) is 3.18. The molecule has 6 heteroatoms. The number of benzene rings is 2. The Kier molecular flexibility index (Phi) is 4.90. The minimum atomic E-state index is -0.121. The highest BCUT2D eigenvalue weighted by Crippen LogP contribution is 2.33. The third-order valence-electron chi connectivity index (χ3n) is 4.43. The number of ether oxygens (including phenoxy) is 1. The largest absolute Gasteiger partial charge is 0.490 e. The molecule has 2 heterocycles. The van der Waals surface area contributed by atoms with Crippen molar-refractivity contribution in [1.29, 1.82) is 0 Å². The van der Waals surface area contributed by atoms with Crippen LogP contribution in [0.15, 0.2) is 57.9 Å². The molecule has 1 aromatic heterocycles. The van der Waals surface area contributed by atoms with E-state index in [-0.39, 0.29) is 18.4 Å². The monoisotopic (exact) mass is 380 g/mol. The third-order valence-corrected chi connectivity index (χ3v) is 5.16. The summed E-state index contributed by atoms with van der Waals surface area (Å²) in [6.45, 7) is 2.06. The Hall–Kier alpha value is -2.73. The van der Waals surface area contributed by atoms with Gasteiger partial charge in [0.1, 0.15) is 11.9 Å². The van der Waals surface area contributed by atoms with Crippen molar-refractivity contribution in [2.45, 2.75) is 30.8 Å². The molecule has 3 aromatic rings. The van der Waals surface area contributed by atoms with Crippen molar-refractivity contribution in [3.63, 3.8) is 0 Å². The molecule has 0 saturated heterocycles. The first kappa shape index (κ1) is 17.7. The van der Waals surface area contributed by atoms with Gasteiger partial charge >= 0.3 is 0 Å².